The molecule has 1 atom stereocenters. The predicted octanol–water partition coefficient (Wildman–Crippen LogP) is 5.27. The summed E-state index contributed by atoms with van der Waals surface area (Å²) in [6, 6.07) is 7.44. The molecule has 1 amide bonds. The summed E-state index contributed by atoms with van der Waals surface area (Å²) in [5.41, 5.74) is 4.07. The molecule has 3 rings (SSSR count). The van der Waals surface area contributed by atoms with E-state index in [2.05, 4.69) is 79.1 Å². The van der Waals surface area contributed by atoms with Crippen LogP contribution in [0.5, 0.6) is 17.2 Å². The number of phenols is 1. The highest BCUT2D eigenvalue weighted by Gasteiger charge is 2.28. The molecular weight excluding hydrogens is 572 g/mol. The molecule has 0 spiro atoms. The number of rotatable bonds is 3. The zero-order chi connectivity index (χ0) is 21.3. The van der Waals surface area contributed by atoms with E-state index in [1.807, 2.05) is 18.2 Å². The van der Waals surface area contributed by atoms with Crippen molar-refractivity contribution in [2.75, 3.05) is 6.61 Å². The van der Waals surface area contributed by atoms with Gasteiger partial charge < -0.3 is 14.6 Å². The van der Waals surface area contributed by atoms with E-state index in [1.165, 1.54) is 6.21 Å². The lowest BCUT2D eigenvalue weighted by Gasteiger charge is -2.27. The van der Waals surface area contributed by atoms with Crippen LogP contribution in [0.1, 0.15) is 31.9 Å². The molecule has 29 heavy (non-hydrogen) atoms. The molecule has 9 heteroatoms. The van der Waals surface area contributed by atoms with Crippen molar-refractivity contribution in [3.63, 3.8) is 0 Å². The Morgan fingerprint density at radius 3 is 2.62 bits per heavy atom. The Kier molecular flexibility index (Phi) is 6.60. The maximum atomic E-state index is 12.5. The summed E-state index contributed by atoms with van der Waals surface area (Å²) < 4.78 is 13.2. The summed E-state index contributed by atoms with van der Waals surface area (Å²) in [6.07, 6.45) is 0.605. The Labute approximate surface area is 194 Å². The first-order valence-corrected chi connectivity index (χ1v) is 11.1. The van der Waals surface area contributed by atoms with Crippen LogP contribution in [-0.2, 0) is 10.2 Å². The fourth-order valence-electron chi connectivity index (χ4n) is 2.61. The lowest BCUT2D eigenvalue weighted by molar-refractivity contribution is -0.130. The van der Waals surface area contributed by atoms with E-state index in [4.69, 9.17) is 9.47 Å². The van der Waals surface area contributed by atoms with Gasteiger partial charge in [-0.1, -0.05) is 42.8 Å². The van der Waals surface area contributed by atoms with Gasteiger partial charge >= 0.3 is 0 Å². The monoisotopic (exact) mass is 588 g/mol. The molecule has 2 aromatic rings. The molecule has 0 bridgehead atoms. The summed E-state index contributed by atoms with van der Waals surface area (Å²) in [7, 11) is 0. The number of hydrogen-bond acceptors (Lipinski definition) is 5. The molecule has 0 fully saturated rings. The van der Waals surface area contributed by atoms with E-state index < -0.39 is 12.0 Å². The highest BCUT2D eigenvalue weighted by atomic mass is 79.9. The van der Waals surface area contributed by atoms with Crippen LogP contribution < -0.4 is 14.9 Å². The Morgan fingerprint density at radius 1 is 1.21 bits per heavy atom. The largest absolute Gasteiger partial charge is 0.506 e. The van der Waals surface area contributed by atoms with Crippen molar-refractivity contribution in [2.24, 2.45) is 5.10 Å². The van der Waals surface area contributed by atoms with Crippen LogP contribution in [0.2, 0.25) is 0 Å². The Balaban J connectivity index is 1.70. The number of halogens is 3. The van der Waals surface area contributed by atoms with Crippen molar-refractivity contribution >= 4 is 59.9 Å². The average molecular weight is 591 g/mol. The minimum atomic E-state index is -0.819. The second-order valence-corrected chi connectivity index (χ2v) is 9.98. The molecule has 0 unspecified atom stereocenters. The van der Waals surface area contributed by atoms with Crippen molar-refractivity contribution < 1.29 is 19.4 Å². The van der Waals surface area contributed by atoms with Gasteiger partial charge in [-0.2, -0.15) is 5.10 Å². The fraction of sp³-hybridized carbons (Fsp3) is 0.300. The standard InChI is InChI=1S/C20H19Br3N2O4/c1-20(2,3)10-4-5-14-15(6-10)29-16(9-28-14)19(27)25-24-8-11-12(21)7-13(22)18(26)17(11)23/h4-8,16,26H,9H2,1-3H3,(H,25,27)/b24-8+/t16-/m1/s1. The molecule has 1 aliphatic heterocycles. The first-order chi connectivity index (χ1) is 13.6. The molecular formula is C20H19Br3N2O4. The van der Waals surface area contributed by atoms with Gasteiger partial charge in [0.25, 0.3) is 5.91 Å². The summed E-state index contributed by atoms with van der Waals surface area (Å²) >= 11 is 9.95. The van der Waals surface area contributed by atoms with Crippen molar-refractivity contribution in [1.82, 2.24) is 5.43 Å². The molecule has 2 N–H and O–H groups in total. The SMILES string of the molecule is CC(C)(C)c1ccc2c(c1)O[C@@H](C(=O)N/N=C/c1c(Br)cc(Br)c(O)c1Br)CO2. The molecule has 0 aliphatic carbocycles. The van der Waals surface area contributed by atoms with Crippen LogP contribution >= 0.6 is 47.8 Å². The van der Waals surface area contributed by atoms with Gasteiger partial charge in [0, 0.05) is 10.0 Å². The lowest BCUT2D eigenvalue weighted by Crippen LogP contribution is -2.42. The number of phenolic OH excluding ortho intramolecular Hbond substituents is 1. The lowest BCUT2D eigenvalue weighted by atomic mass is 9.87. The Bertz CT molecular complexity index is 987. The molecule has 0 saturated heterocycles. The number of amides is 1. The van der Waals surface area contributed by atoms with E-state index in [-0.39, 0.29) is 17.8 Å². The van der Waals surface area contributed by atoms with E-state index in [0.29, 0.717) is 30.5 Å². The fourth-order valence-corrected chi connectivity index (χ4v) is 4.94. The van der Waals surface area contributed by atoms with E-state index in [9.17, 15) is 9.90 Å². The number of benzene rings is 2. The van der Waals surface area contributed by atoms with Crippen molar-refractivity contribution in [1.29, 1.82) is 0 Å². The van der Waals surface area contributed by atoms with Gasteiger partial charge in [-0.05, 0) is 61.0 Å². The number of hydrazone groups is 1. The molecule has 0 aromatic heterocycles. The molecule has 154 valence electrons. The summed E-state index contributed by atoms with van der Waals surface area (Å²) in [6.45, 7) is 6.41. The third-order valence-corrected chi connectivity index (χ3v) is 6.37. The van der Waals surface area contributed by atoms with Crippen LogP contribution in [0.25, 0.3) is 0 Å². The normalized spacial score (nSPS) is 16.1. The van der Waals surface area contributed by atoms with Crippen molar-refractivity contribution in [3.05, 3.63) is 48.8 Å². The maximum Gasteiger partial charge on any atom is 0.284 e. The number of carbonyl (C=O) groups is 1. The van der Waals surface area contributed by atoms with Crippen molar-refractivity contribution in [3.8, 4) is 17.2 Å². The van der Waals surface area contributed by atoms with Gasteiger partial charge in [0.15, 0.2) is 11.5 Å². The van der Waals surface area contributed by atoms with Gasteiger partial charge in [0.05, 0.1) is 15.2 Å². The van der Waals surface area contributed by atoms with E-state index in [1.54, 1.807) is 6.07 Å². The van der Waals surface area contributed by atoms with Crippen molar-refractivity contribution in [2.45, 2.75) is 32.3 Å². The second-order valence-electron chi connectivity index (χ2n) is 7.48. The van der Waals surface area contributed by atoms with Crippen LogP contribution in [0, 0.1) is 0 Å². The van der Waals surface area contributed by atoms with Gasteiger partial charge in [-0.15, -0.1) is 0 Å². The minimum absolute atomic E-state index is 0.0382. The number of nitrogens with zero attached hydrogens (tertiary/aromatic N) is 1. The van der Waals surface area contributed by atoms with Crippen LogP contribution in [0.3, 0.4) is 0 Å². The third kappa shape index (κ3) is 4.95. The third-order valence-electron chi connectivity index (χ3n) is 4.31. The number of aromatic hydroxyl groups is 1. The minimum Gasteiger partial charge on any atom is -0.506 e. The molecule has 2 aromatic carbocycles. The van der Waals surface area contributed by atoms with Gasteiger partial charge in [0.1, 0.15) is 12.4 Å². The first kappa shape index (κ1) is 22.1. The Morgan fingerprint density at radius 2 is 1.93 bits per heavy atom. The van der Waals surface area contributed by atoms with Crippen LogP contribution in [-0.4, -0.2) is 29.9 Å². The van der Waals surface area contributed by atoms with E-state index >= 15 is 0 Å². The smallest absolute Gasteiger partial charge is 0.284 e. The quantitative estimate of drug-likeness (QED) is 0.377. The second kappa shape index (κ2) is 8.65. The first-order valence-electron chi connectivity index (χ1n) is 8.71. The van der Waals surface area contributed by atoms with Gasteiger partial charge in [0.2, 0.25) is 6.10 Å². The number of ether oxygens (including phenoxy) is 2. The van der Waals surface area contributed by atoms with Gasteiger partial charge in [-0.25, -0.2) is 5.43 Å². The number of fused-ring (bicyclic) bond motifs is 1. The zero-order valence-electron chi connectivity index (χ0n) is 15.9. The van der Waals surface area contributed by atoms with Crippen LogP contribution in [0.4, 0.5) is 0 Å². The molecule has 0 saturated carbocycles. The zero-order valence-corrected chi connectivity index (χ0v) is 20.7. The Hall–Kier alpha value is -1.58. The summed E-state index contributed by atoms with van der Waals surface area (Å²) in [4.78, 5) is 12.5. The molecule has 0 radical (unpaired) electrons. The molecule has 1 aliphatic rings. The highest BCUT2D eigenvalue weighted by Crippen LogP contribution is 2.39. The number of hydrogen-bond donors (Lipinski definition) is 2. The summed E-state index contributed by atoms with van der Waals surface area (Å²) in [5.74, 6) is 0.762. The topological polar surface area (TPSA) is 80.2 Å². The maximum absolute atomic E-state index is 12.5. The van der Waals surface area contributed by atoms with E-state index in [0.717, 1.165) is 5.56 Å². The van der Waals surface area contributed by atoms with Crippen LogP contribution in [0.15, 0.2) is 42.8 Å². The average Bonchev–Trinajstić information content (AvgIpc) is 2.67. The molecule has 1 heterocycles. The molecule has 6 nitrogen and oxygen atoms in total. The van der Waals surface area contributed by atoms with Gasteiger partial charge in [-0.3, -0.25) is 4.79 Å². The number of nitrogens with one attached hydrogen (secondary N) is 1. The number of carbonyl (C=O) groups excluding carboxylic acids is 1. The highest BCUT2D eigenvalue weighted by molar-refractivity contribution is 9.11. The summed E-state index contributed by atoms with van der Waals surface area (Å²) in [5, 5.41) is 14.0. The predicted molar refractivity (Wildman–Crippen MR) is 122 cm³/mol.